The van der Waals surface area contributed by atoms with Crippen LogP contribution in [0.15, 0.2) is 22.8 Å². The quantitative estimate of drug-likeness (QED) is 0.298. The first-order valence-corrected chi connectivity index (χ1v) is 20.6. The third kappa shape index (κ3) is 2.64. The fraction of sp³-hybridized carbons (Fsp3) is 0.907. The fourth-order valence-corrected chi connectivity index (χ4v) is 20.4. The van der Waals surface area contributed by atoms with Crippen LogP contribution in [0.3, 0.4) is 0 Å². The van der Waals surface area contributed by atoms with Crippen molar-refractivity contribution in [1.82, 2.24) is 9.80 Å². The Morgan fingerprint density at radius 3 is 2.70 bits per heavy atom. The molecule has 3 aliphatic heterocycles. The fourth-order valence-electron chi connectivity index (χ4n) is 20.4. The van der Waals surface area contributed by atoms with Crippen LogP contribution in [0.1, 0.15) is 104 Å². The third-order valence-electron chi connectivity index (χ3n) is 20.6. The molecule has 0 aromatic carbocycles. The van der Waals surface area contributed by atoms with E-state index in [-0.39, 0.29) is 5.60 Å². The Labute approximate surface area is 283 Å². The van der Waals surface area contributed by atoms with E-state index in [1.807, 2.05) is 16.7 Å². The third-order valence-corrected chi connectivity index (χ3v) is 20.6. The molecular formula is C43H60N2O2. The Hall–Kier alpha value is -0.680. The lowest BCUT2D eigenvalue weighted by Crippen LogP contribution is -2.70. The van der Waals surface area contributed by atoms with Crippen molar-refractivity contribution in [2.45, 2.75) is 128 Å². The molecule has 254 valence electrons. The molecule has 0 N–H and O–H groups in total. The van der Waals surface area contributed by atoms with E-state index in [0.717, 1.165) is 41.5 Å². The number of ether oxygens (including phenoxy) is 2. The molecule has 15 rings (SSSR count). The molecule has 3 heterocycles. The van der Waals surface area contributed by atoms with Crippen LogP contribution in [0.4, 0.5) is 0 Å². The molecule has 5 spiro atoms. The molecule has 12 aliphatic carbocycles. The number of rotatable bonds is 1. The van der Waals surface area contributed by atoms with Crippen molar-refractivity contribution in [2.24, 2.45) is 73.9 Å². The van der Waals surface area contributed by atoms with Gasteiger partial charge in [-0.2, -0.15) is 0 Å². The van der Waals surface area contributed by atoms with E-state index in [1.165, 1.54) is 110 Å². The van der Waals surface area contributed by atoms with Crippen molar-refractivity contribution in [3.8, 4) is 0 Å². The minimum Gasteiger partial charge on any atom is -0.381 e. The highest BCUT2D eigenvalue weighted by atomic mass is 16.5. The van der Waals surface area contributed by atoms with Gasteiger partial charge in [-0.15, -0.1) is 0 Å². The van der Waals surface area contributed by atoms with Gasteiger partial charge in [-0.25, -0.2) is 0 Å². The molecule has 0 radical (unpaired) electrons. The Kier molecular flexibility index (Phi) is 4.69. The molecule has 17 atom stereocenters. The summed E-state index contributed by atoms with van der Waals surface area (Å²) in [5.74, 6) is 5.76. The van der Waals surface area contributed by atoms with Crippen LogP contribution >= 0.6 is 0 Å². The number of fused-ring (bicyclic) bond motifs is 3. The highest BCUT2D eigenvalue weighted by Gasteiger charge is 2.87. The minimum atomic E-state index is 0.0566. The predicted octanol–water partition coefficient (Wildman–Crippen LogP) is 7.49. The van der Waals surface area contributed by atoms with Gasteiger partial charge in [-0.1, -0.05) is 31.9 Å². The first-order valence-electron chi connectivity index (χ1n) is 20.6. The summed E-state index contributed by atoms with van der Waals surface area (Å²) in [6, 6.07) is 0.744. The molecule has 11 fully saturated rings. The summed E-state index contributed by atoms with van der Waals surface area (Å²) < 4.78 is 15.2. The summed E-state index contributed by atoms with van der Waals surface area (Å²) in [6.07, 6.45) is 23.7. The monoisotopic (exact) mass is 636 g/mol. The van der Waals surface area contributed by atoms with Gasteiger partial charge in [0.1, 0.15) is 0 Å². The molecule has 0 aromatic rings. The average Bonchev–Trinajstić information content (AvgIpc) is 3.55. The van der Waals surface area contributed by atoms with Gasteiger partial charge < -0.3 is 19.3 Å². The molecule has 4 heteroatoms. The standard InChI is InChI=1S/C43H60N2O2/c1-37-9-6-10-43-31(37)8-12-40-21-41(29(17-32(40)43)34(46-5)33(40)35(43)45(4)23-37)13-14-42-28-16-27-25-15-24-18-38(2,22-44(3)20-24)26(25)7-11-39(27,19-30(28)42)36(42)47-41/h16,24,28-36H,6-15,17-23H2,1-5H3/t24-,28+,29+,30?,31+,32+,33?,34?,35?,36-,37-,38-,39+,40-,41-,42+,43-/m0/s1. The van der Waals surface area contributed by atoms with Gasteiger partial charge in [0, 0.05) is 60.9 Å². The van der Waals surface area contributed by atoms with E-state index < -0.39 is 0 Å². The number of likely N-dealkylation sites (tertiary alicyclic amines) is 2. The summed E-state index contributed by atoms with van der Waals surface area (Å²) >= 11 is 0. The number of hydrogen-bond donors (Lipinski definition) is 0. The zero-order valence-electron chi connectivity index (χ0n) is 30.1. The lowest BCUT2D eigenvalue weighted by Gasteiger charge is -2.70. The highest BCUT2D eigenvalue weighted by molar-refractivity contribution is 5.56. The van der Waals surface area contributed by atoms with Crippen molar-refractivity contribution in [3.63, 3.8) is 0 Å². The number of allylic oxidation sites excluding steroid dienone is 2. The van der Waals surface area contributed by atoms with E-state index in [2.05, 4.69) is 50.9 Å². The Morgan fingerprint density at radius 2 is 1.83 bits per heavy atom. The second kappa shape index (κ2) is 7.88. The van der Waals surface area contributed by atoms with Crippen molar-refractivity contribution in [2.75, 3.05) is 40.8 Å². The van der Waals surface area contributed by atoms with Gasteiger partial charge >= 0.3 is 0 Å². The number of hydrogen-bond acceptors (Lipinski definition) is 4. The SMILES string of the molecule is COC1C2C3N(C)C[C@]4(C)CCC[C@@]35[C@@H]4CC[C@@]23C[C@@]2(CC[C@]46C7C[C@@]8(CCC9=C(C[C@@H]%10CN(C)C[C@]9(C)C%10)C8=C[C@H]74)[C@@H]6O2)[C@@H]1C[C@H]35. The lowest BCUT2D eigenvalue weighted by molar-refractivity contribution is -0.308. The number of piperidine rings is 2. The number of methoxy groups -OCH3 is 1. The van der Waals surface area contributed by atoms with Gasteiger partial charge in [0.05, 0.1) is 17.8 Å². The highest BCUT2D eigenvalue weighted by Crippen LogP contribution is 2.88. The second-order valence-corrected chi connectivity index (χ2v) is 21.8. The topological polar surface area (TPSA) is 24.9 Å². The summed E-state index contributed by atoms with van der Waals surface area (Å²) in [5, 5.41) is 0. The van der Waals surface area contributed by atoms with Crippen molar-refractivity contribution < 1.29 is 9.47 Å². The van der Waals surface area contributed by atoms with Gasteiger partial charge in [-0.05, 0) is 155 Å². The molecule has 47 heavy (non-hydrogen) atoms. The zero-order chi connectivity index (χ0) is 31.3. The molecule has 0 amide bonds. The van der Waals surface area contributed by atoms with Crippen LogP contribution in [-0.2, 0) is 9.47 Å². The normalized spacial score (nSPS) is 66.3. The van der Waals surface area contributed by atoms with E-state index in [1.54, 1.807) is 0 Å². The van der Waals surface area contributed by atoms with Crippen LogP contribution < -0.4 is 0 Å². The van der Waals surface area contributed by atoms with E-state index >= 15 is 0 Å². The van der Waals surface area contributed by atoms with E-state index in [9.17, 15) is 0 Å². The average molecular weight is 637 g/mol. The van der Waals surface area contributed by atoms with Crippen LogP contribution in [0.25, 0.3) is 0 Å². The van der Waals surface area contributed by atoms with Gasteiger partial charge in [0.2, 0.25) is 0 Å². The number of nitrogens with zero attached hydrogens (tertiary/aromatic N) is 2. The van der Waals surface area contributed by atoms with E-state index in [4.69, 9.17) is 9.47 Å². The first kappa shape index (κ1) is 28.0. The van der Waals surface area contributed by atoms with Crippen LogP contribution in [0.2, 0.25) is 0 Å². The maximum Gasteiger partial charge on any atom is 0.0745 e. The molecule has 0 aromatic heterocycles. The Balaban J connectivity index is 0.914. The van der Waals surface area contributed by atoms with Crippen LogP contribution in [0.5, 0.6) is 0 Å². The second-order valence-electron chi connectivity index (χ2n) is 21.8. The molecule has 3 saturated heterocycles. The van der Waals surface area contributed by atoms with Gasteiger partial charge in [0.15, 0.2) is 0 Å². The molecule has 15 aliphatic rings. The summed E-state index contributed by atoms with van der Waals surface area (Å²) in [4.78, 5) is 5.58. The van der Waals surface area contributed by atoms with E-state index in [0.29, 0.717) is 50.6 Å². The molecular weight excluding hydrogens is 576 g/mol. The first-order chi connectivity index (χ1) is 22.6. The van der Waals surface area contributed by atoms with Crippen molar-refractivity contribution in [1.29, 1.82) is 0 Å². The largest absolute Gasteiger partial charge is 0.381 e. The summed E-state index contributed by atoms with van der Waals surface area (Å²) in [6.45, 7) is 9.23. The molecule has 4 unspecified atom stereocenters. The van der Waals surface area contributed by atoms with Gasteiger partial charge in [-0.3, -0.25) is 0 Å². The summed E-state index contributed by atoms with van der Waals surface area (Å²) in [5.41, 5.74) is 8.36. The smallest absolute Gasteiger partial charge is 0.0745 e. The Bertz CT molecular complexity index is 1600. The van der Waals surface area contributed by atoms with Gasteiger partial charge in [0.25, 0.3) is 0 Å². The van der Waals surface area contributed by atoms with Crippen LogP contribution in [0, 0.1) is 73.9 Å². The molecule has 4 nitrogen and oxygen atoms in total. The van der Waals surface area contributed by atoms with Crippen LogP contribution in [-0.4, -0.2) is 74.5 Å². The summed E-state index contributed by atoms with van der Waals surface area (Å²) in [7, 11) is 7.03. The zero-order valence-corrected chi connectivity index (χ0v) is 30.1. The minimum absolute atomic E-state index is 0.0566. The predicted molar refractivity (Wildman–Crippen MR) is 182 cm³/mol. The van der Waals surface area contributed by atoms with Crippen molar-refractivity contribution >= 4 is 0 Å². The lowest BCUT2D eigenvalue weighted by atomic mass is 9.38. The maximum absolute atomic E-state index is 8.26. The maximum atomic E-state index is 8.26. The van der Waals surface area contributed by atoms with Crippen molar-refractivity contribution in [3.05, 3.63) is 22.8 Å². The molecule has 8 saturated carbocycles. The Morgan fingerprint density at radius 1 is 0.936 bits per heavy atom. The molecule has 12 bridgehead atoms.